The van der Waals surface area contributed by atoms with Gasteiger partial charge in [0.05, 0.1) is 0 Å². The van der Waals surface area contributed by atoms with Gasteiger partial charge in [0, 0.05) is 0 Å². The summed E-state index contributed by atoms with van der Waals surface area (Å²) in [6, 6.07) is 0. The number of hydrogen-bond donors (Lipinski definition) is 1. The molecule has 0 aromatic rings. The molecule has 2 nitrogen and oxygen atoms in total. The van der Waals surface area contributed by atoms with Crippen LogP contribution in [-0.2, 0) is 4.79 Å². The summed E-state index contributed by atoms with van der Waals surface area (Å²) in [7, 11) is 0. The van der Waals surface area contributed by atoms with Crippen molar-refractivity contribution in [2.24, 2.45) is 0 Å². The van der Waals surface area contributed by atoms with Crippen molar-refractivity contribution in [1.82, 2.24) is 0 Å². The molecule has 0 unspecified atom stereocenters. The molecular weight excluding hydrogens is 169 g/mol. The molecule has 0 aliphatic carbocycles. The molecule has 0 bridgehead atoms. The summed E-state index contributed by atoms with van der Waals surface area (Å²) in [5, 5.41) is 5.40. The average Bonchev–Trinajstić information content (AvgIpc) is 0.918. The fourth-order valence-corrected chi connectivity index (χ4v) is 0. The molecule has 0 aliphatic rings. The summed E-state index contributed by atoms with van der Waals surface area (Å²) in [4.78, 5) is 8.35. The minimum atomic E-state index is 0. The number of halogens is 1. The van der Waals surface area contributed by atoms with Crippen LogP contribution in [0.4, 0.5) is 0 Å². The summed E-state index contributed by atoms with van der Waals surface area (Å²) in [6.07, 6.45) is 0.750. The van der Waals surface area contributed by atoms with E-state index >= 15 is 0 Å². The van der Waals surface area contributed by atoms with Crippen molar-refractivity contribution in [3.63, 3.8) is 0 Å². The SMILES string of the molecule is I.N=C=O. The van der Waals surface area contributed by atoms with Crippen molar-refractivity contribution in [3.05, 3.63) is 0 Å². The van der Waals surface area contributed by atoms with Gasteiger partial charge < -0.3 is 0 Å². The number of hydrogen-bond acceptors (Lipinski definition) is 2. The Morgan fingerprint density at radius 3 is 1.75 bits per heavy atom. The van der Waals surface area contributed by atoms with E-state index in [1.54, 1.807) is 0 Å². The third-order valence-corrected chi connectivity index (χ3v) is 0. The topological polar surface area (TPSA) is 40.9 Å². The number of isocyanates is 1. The molecule has 3 heteroatoms. The molecule has 0 aromatic heterocycles. The van der Waals surface area contributed by atoms with Gasteiger partial charge in [-0.3, -0.25) is 0 Å². The lowest BCUT2D eigenvalue weighted by atomic mass is 11.7. The normalized spacial score (nSPS) is 2.00. The van der Waals surface area contributed by atoms with Crippen molar-refractivity contribution in [2.75, 3.05) is 0 Å². The first-order valence-corrected chi connectivity index (χ1v) is 0.454. The standard InChI is InChI=1S/CHNO.HI/c2-1-3;/h2H;1H. The van der Waals surface area contributed by atoms with E-state index in [2.05, 4.69) is 0 Å². The highest BCUT2D eigenvalue weighted by molar-refractivity contribution is 14.0. The maximum absolute atomic E-state index is 8.35. The number of nitrogens with one attached hydrogen (secondary N) is 1. The summed E-state index contributed by atoms with van der Waals surface area (Å²) < 4.78 is 0. The van der Waals surface area contributed by atoms with Crippen molar-refractivity contribution in [1.29, 1.82) is 5.41 Å². The highest BCUT2D eigenvalue weighted by atomic mass is 127. The monoisotopic (exact) mass is 171 g/mol. The predicted octanol–water partition coefficient (Wildman–Crippen LogP) is 0.519. The zero-order valence-corrected chi connectivity index (χ0v) is 4.15. The van der Waals surface area contributed by atoms with E-state index in [-0.39, 0.29) is 24.0 Å². The van der Waals surface area contributed by atoms with Crippen molar-refractivity contribution in [2.45, 2.75) is 0 Å². The average molecular weight is 171 g/mol. The Bertz CT molecular complexity index is 29.0. The van der Waals surface area contributed by atoms with Crippen molar-refractivity contribution >= 4 is 30.1 Å². The largest absolute Gasteiger partial charge is 0.231 e. The lowest BCUT2D eigenvalue weighted by molar-refractivity contribution is 0.563. The van der Waals surface area contributed by atoms with E-state index in [0.717, 1.165) is 6.08 Å². The van der Waals surface area contributed by atoms with Gasteiger partial charge in [-0.05, 0) is 0 Å². The molecule has 1 N–H and O–H groups in total. The summed E-state index contributed by atoms with van der Waals surface area (Å²) in [6.45, 7) is 0. The van der Waals surface area contributed by atoms with Gasteiger partial charge in [-0.25, -0.2) is 10.2 Å². The smallest absolute Gasteiger partial charge is 0.222 e. The van der Waals surface area contributed by atoms with Gasteiger partial charge in [0.1, 0.15) is 0 Å². The van der Waals surface area contributed by atoms with Gasteiger partial charge in [0.25, 0.3) is 0 Å². The minimum absolute atomic E-state index is 0. The van der Waals surface area contributed by atoms with E-state index in [9.17, 15) is 0 Å². The molecule has 0 heterocycles. The van der Waals surface area contributed by atoms with Crippen molar-refractivity contribution in [3.8, 4) is 0 Å². The van der Waals surface area contributed by atoms with Gasteiger partial charge in [0.2, 0.25) is 6.08 Å². The third-order valence-electron chi connectivity index (χ3n) is 0. The minimum Gasteiger partial charge on any atom is -0.222 e. The van der Waals surface area contributed by atoms with E-state index in [1.807, 2.05) is 0 Å². The molecule has 0 saturated carbocycles. The Labute approximate surface area is 40.7 Å². The summed E-state index contributed by atoms with van der Waals surface area (Å²) in [5.41, 5.74) is 0. The highest BCUT2D eigenvalue weighted by Crippen LogP contribution is 0.886. The molecule has 0 saturated heterocycles. The van der Waals surface area contributed by atoms with E-state index in [4.69, 9.17) is 10.2 Å². The van der Waals surface area contributed by atoms with Crippen LogP contribution >= 0.6 is 24.0 Å². The molecule has 0 rings (SSSR count). The van der Waals surface area contributed by atoms with Crippen LogP contribution < -0.4 is 0 Å². The maximum atomic E-state index is 8.35. The Morgan fingerprint density at radius 1 is 1.75 bits per heavy atom. The Morgan fingerprint density at radius 2 is 1.75 bits per heavy atom. The molecular formula is CH2INO. The zero-order chi connectivity index (χ0) is 2.71. The first-order chi connectivity index (χ1) is 1.41. The molecule has 0 aromatic carbocycles. The van der Waals surface area contributed by atoms with Crippen LogP contribution in [0.3, 0.4) is 0 Å². The molecule has 0 amide bonds. The molecule has 0 aliphatic heterocycles. The fourth-order valence-electron chi connectivity index (χ4n) is 0. The fraction of sp³-hybridized carbons (Fsp3) is 0. The molecule has 0 atom stereocenters. The van der Waals surface area contributed by atoms with Crippen LogP contribution in [-0.4, -0.2) is 6.08 Å². The molecule has 0 spiro atoms. The lowest BCUT2D eigenvalue weighted by Crippen LogP contribution is -1.16. The second-order valence-electron chi connectivity index (χ2n) is 0.102. The van der Waals surface area contributed by atoms with E-state index < -0.39 is 0 Å². The highest BCUT2D eigenvalue weighted by Gasteiger charge is 1.03. The quantitative estimate of drug-likeness (QED) is 0.322. The van der Waals surface area contributed by atoms with Gasteiger partial charge in [0.15, 0.2) is 0 Å². The predicted molar refractivity (Wildman–Crippen MR) is 23.8 cm³/mol. The number of rotatable bonds is 0. The van der Waals surface area contributed by atoms with Gasteiger partial charge in [-0.15, -0.1) is 24.0 Å². The molecule has 4 heavy (non-hydrogen) atoms. The van der Waals surface area contributed by atoms with E-state index in [1.165, 1.54) is 0 Å². The number of carbonyl (C=O) groups excluding carboxylic acids is 1. The first-order valence-electron chi connectivity index (χ1n) is 0.454. The van der Waals surface area contributed by atoms with Crippen LogP contribution in [0, 0.1) is 5.41 Å². The van der Waals surface area contributed by atoms with Crippen LogP contribution in [0.2, 0.25) is 0 Å². The Hall–Kier alpha value is 0.110. The summed E-state index contributed by atoms with van der Waals surface area (Å²) >= 11 is 0. The van der Waals surface area contributed by atoms with Crippen molar-refractivity contribution < 1.29 is 4.79 Å². The van der Waals surface area contributed by atoms with Crippen LogP contribution in [0.5, 0.6) is 0 Å². The van der Waals surface area contributed by atoms with Crippen LogP contribution in [0.1, 0.15) is 0 Å². The van der Waals surface area contributed by atoms with Gasteiger partial charge >= 0.3 is 0 Å². The van der Waals surface area contributed by atoms with Crippen LogP contribution in [0.15, 0.2) is 0 Å². The summed E-state index contributed by atoms with van der Waals surface area (Å²) in [5.74, 6) is 0. The molecule has 24 valence electrons. The second-order valence-corrected chi connectivity index (χ2v) is 0.102. The zero-order valence-electron chi connectivity index (χ0n) is 1.82. The van der Waals surface area contributed by atoms with E-state index in [0.29, 0.717) is 0 Å². The third kappa shape index (κ3) is 215. The molecule has 0 radical (unpaired) electrons. The Balaban J connectivity index is 0. The molecule has 0 fully saturated rings. The van der Waals surface area contributed by atoms with Gasteiger partial charge in [-0.2, -0.15) is 0 Å². The lowest BCUT2D eigenvalue weighted by Gasteiger charge is -1.02. The van der Waals surface area contributed by atoms with Crippen LogP contribution in [0.25, 0.3) is 0 Å². The van der Waals surface area contributed by atoms with Gasteiger partial charge in [-0.1, -0.05) is 0 Å². The second kappa shape index (κ2) is 11.2. The first kappa shape index (κ1) is 8.93. The maximum Gasteiger partial charge on any atom is 0.231 e. The Kier molecular flexibility index (Phi) is 25.1.